The lowest BCUT2D eigenvalue weighted by Crippen LogP contribution is -2.29. The van der Waals surface area contributed by atoms with Crippen LogP contribution in [0.15, 0.2) is 48.5 Å². The molecule has 8 bridgehead atoms. The summed E-state index contributed by atoms with van der Waals surface area (Å²) in [5, 5.41) is 8.97. The number of thioether (sulfide) groups is 1. The molecule has 5 rings (SSSR count). The Labute approximate surface area is 832 Å². The Morgan fingerprint density at radius 3 is 0.555 bits per heavy atom. The van der Waals surface area contributed by atoms with Crippen molar-refractivity contribution in [2.75, 3.05) is 57.8 Å². The summed E-state index contributed by atoms with van der Waals surface area (Å²) in [5.41, 5.74) is -5.14. The van der Waals surface area contributed by atoms with Gasteiger partial charge in [-0.2, -0.15) is 11.8 Å². The number of carbonyl (C=O) groups excluding carboxylic acids is 8. The van der Waals surface area contributed by atoms with Gasteiger partial charge in [0, 0.05) is 98.2 Å². The van der Waals surface area contributed by atoms with Crippen LogP contribution in [0.25, 0.3) is 0 Å². The van der Waals surface area contributed by atoms with Crippen molar-refractivity contribution in [3.63, 3.8) is 0 Å². The number of rotatable bonds is 57. The van der Waals surface area contributed by atoms with Crippen molar-refractivity contribution in [2.24, 2.45) is 43.3 Å². The maximum absolute atomic E-state index is 15.5. The van der Waals surface area contributed by atoms with Crippen molar-refractivity contribution < 1.29 is 95.6 Å². The topological polar surface area (TPSA) is 258 Å². The first-order valence-corrected chi connectivity index (χ1v) is 53.9. The molecule has 21 heteroatoms. The summed E-state index contributed by atoms with van der Waals surface area (Å²) in [6.45, 7) is 52.2. The van der Waals surface area contributed by atoms with E-state index in [9.17, 15) is 0 Å². The zero-order valence-corrected chi connectivity index (χ0v) is 91.2. The Balaban J connectivity index is 2.25. The fourth-order valence-corrected chi connectivity index (χ4v) is 16.9. The number of unbranched alkanes of at least 4 members (excludes halogenated alkanes) is 28. The smallest absolute Gasteiger partial charge is 0.316 e. The fourth-order valence-electron chi connectivity index (χ4n) is 16.1. The maximum Gasteiger partial charge on any atom is 0.316 e. The van der Waals surface area contributed by atoms with Crippen molar-refractivity contribution in [2.45, 2.75) is 442 Å². The first kappa shape index (κ1) is 120. The van der Waals surface area contributed by atoms with E-state index in [2.05, 4.69) is 20.8 Å². The van der Waals surface area contributed by atoms with Crippen LogP contribution in [0.4, 0.5) is 0 Å². The number of hydrogen-bond acceptors (Lipinski definition) is 21. The van der Waals surface area contributed by atoms with Gasteiger partial charge in [0.05, 0.1) is 89.6 Å². The van der Waals surface area contributed by atoms with E-state index in [1.807, 2.05) is 36.0 Å². The molecule has 2 atom stereocenters. The number of aliphatic hydroxyl groups excluding tert-OH is 1. The molecular formula is C116H184O20S. The van der Waals surface area contributed by atoms with Crippen LogP contribution in [-0.2, 0) is 52.6 Å². The van der Waals surface area contributed by atoms with Gasteiger partial charge in [0.1, 0.15) is 46.0 Å². The number of aliphatic hydroxyl groups is 1. The summed E-state index contributed by atoms with van der Waals surface area (Å²) in [4.78, 5) is 124. The van der Waals surface area contributed by atoms with Crippen LogP contribution in [0.3, 0.4) is 0 Å². The fraction of sp³-hybridized carbons (Fsp3) is 0.724. The average Bonchev–Trinajstić information content (AvgIpc) is 0.738. The van der Waals surface area contributed by atoms with Crippen LogP contribution in [0.5, 0.6) is 46.0 Å². The second-order valence-electron chi connectivity index (χ2n) is 46.6. The minimum absolute atomic E-state index is 0.0160. The van der Waals surface area contributed by atoms with Gasteiger partial charge in [-0.1, -0.05) is 220 Å². The molecule has 0 heterocycles. The molecule has 0 aliphatic heterocycles. The van der Waals surface area contributed by atoms with E-state index >= 15 is 38.4 Å². The average molecular weight is 1930 g/mol. The molecular weight excluding hydrogens is 1750 g/mol. The third kappa shape index (κ3) is 42.1. The summed E-state index contributed by atoms with van der Waals surface area (Å²) < 4.78 is 72.8. The highest BCUT2D eigenvalue weighted by atomic mass is 32.2. The van der Waals surface area contributed by atoms with E-state index in [1.54, 1.807) is 190 Å². The summed E-state index contributed by atoms with van der Waals surface area (Å²) in [5.74, 6) is -5.84. The Morgan fingerprint density at radius 1 is 0.219 bits per heavy atom. The van der Waals surface area contributed by atoms with E-state index < -0.39 is 115 Å². The minimum atomic E-state index is -1.12. The number of carbonyl (C=O) groups is 8. The molecule has 2 unspecified atom stereocenters. The SMILES string of the molecule is CCCCCCCCCCC1c2cc(c(OC(=O)C(C)(C)C)cc2OC(=O)C(C)(C)C)C(CCCCCCCCCC)c2cc(c(OC(=O)C(C)(C)C)cc2OC(=O)C(C)(C)C)C(CCCCCCCCCCSCCOCCOCCOCCO)c2cc(c(OC(=O)C(C)(C)C)cc2OC(=O)C(C)(C)C)C(CCCCCCCCCC)c2cc1c(OC(=O)C(C)(C)C)cc2OC(=O)C(C)(C)C. The van der Waals surface area contributed by atoms with Gasteiger partial charge < -0.3 is 57.2 Å². The zero-order chi connectivity index (χ0) is 102. The molecule has 774 valence electrons. The number of fused-ring (bicyclic) bond motifs is 8. The Morgan fingerprint density at radius 2 is 0.380 bits per heavy atom. The molecule has 4 aromatic rings. The normalized spacial score (nSPS) is 15.1. The Kier molecular flexibility index (Phi) is 51.3. The van der Waals surface area contributed by atoms with Crippen molar-refractivity contribution in [1.82, 2.24) is 0 Å². The summed E-state index contributed by atoms with van der Waals surface area (Å²) in [6, 6.07) is 14.7. The monoisotopic (exact) mass is 1930 g/mol. The van der Waals surface area contributed by atoms with E-state index in [4.69, 9.17) is 57.2 Å². The van der Waals surface area contributed by atoms with Gasteiger partial charge in [-0.25, -0.2) is 0 Å². The number of hydrogen-bond donors (Lipinski definition) is 1. The molecule has 1 N–H and O–H groups in total. The van der Waals surface area contributed by atoms with Gasteiger partial charge in [-0.05, 0) is 228 Å². The highest BCUT2D eigenvalue weighted by Gasteiger charge is 2.42. The molecule has 0 spiro atoms. The summed E-state index contributed by atoms with van der Waals surface area (Å²) >= 11 is 1.89. The number of esters is 8. The highest BCUT2D eigenvalue weighted by Crippen LogP contribution is 2.56. The second-order valence-corrected chi connectivity index (χ2v) is 47.8. The molecule has 0 saturated carbocycles. The van der Waals surface area contributed by atoms with E-state index in [0.29, 0.717) is 136 Å². The number of benzene rings is 4. The molecule has 137 heavy (non-hydrogen) atoms. The lowest BCUT2D eigenvalue weighted by Gasteiger charge is -2.33. The predicted octanol–water partition coefficient (Wildman–Crippen LogP) is 30.0. The van der Waals surface area contributed by atoms with Crippen LogP contribution in [0, 0.1) is 43.3 Å². The van der Waals surface area contributed by atoms with Gasteiger partial charge in [0.25, 0.3) is 0 Å². The molecule has 20 nitrogen and oxygen atoms in total. The molecule has 0 saturated heterocycles. The lowest BCUT2D eigenvalue weighted by molar-refractivity contribution is -0.144. The van der Waals surface area contributed by atoms with Crippen LogP contribution < -0.4 is 37.9 Å². The molecule has 0 amide bonds. The van der Waals surface area contributed by atoms with Gasteiger partial charge in [-0.15, -0.1) is 0 Å². The van der Waals surface area contributed by atoms with Crippen LogP contribution in [0.2, 0.25) is 0 Å². The first-order valence-electron chi connectivity index (χ1n) is 52.7. The second kappa shape index (κ2) is 58.4. The molecule has 1 aliphatic carbocycles. The Bertz CT molecular complexity index is 3680. The summed E-state index contributed by atoms with van der Waals surface area (Å²) in [6.07, 6.45) is 31.7. The zero-order valence-electron chi connectivity index (χ0n) is 90.4. The van der Waals surface area contributed by atoms with Crippen molar-refractivity contribution in [1.29, 1.82) is 0 Å². The number of ether oxygens (including phenoxy) is 11. The van der Waals surface area contributed by atoms with E-state index in [1.165, 1.54) is 0 Å². The van der Waals surface area contributed by atoms with Crippen molar-refractivity contribution in [3.05, 3.63) is 93.0 Å². The Hall–Kier alpha value is -7.17. The van der Waals surface area contributed by atoms with Crippen LogP contribution in [-0.4, -0.2) is 111 Å². The van der Waals surface area contributed by atoms with Gasteiger partial charge in [0.2, 0.25) is 0 Å². The third-order valence-electron chi connectivity index (χ3n) is 25.0. The van der Waals surface area contributed by atoms with Crippen LogP contribution >= 0.6 is 11.8 Å². The first-order chi connectivity index (χ1) is 64.3. The van der Waals surface area contributed by atoms with Gasteiger partial charge in [0.15, 0.2) is 0 Å². The minimum Gasteiger partial charge on any atom is -0.426 e. The molecule has 4 aromatic carbocycles. The van der Waals surface area contributed by atoms with Gasteiger partial charge in [-0.3, -0.25) is 38.4 Å². The maximum atomic E-state index is 15.5. The predicted molar refractivity (Wildman–Crippen MR) is 554 cm³/mol. The van der Waals surface area contributed by atoms with Crippen molar-refractivity contribution in [3.8, 4) is 46.0 Å². The molecule has 0 radical (unpaired) electrons. The molecule has 0 fully saturated rings. The highest BCUT2D eigenvalue weighted by molar-refractivity contribution is 7.99. The van der Waals surface area contributed by atoms with Crippen LogP contribution in [0.1, 0.15) is 486 Å². The largest absolute Gasteiger partial charge is 0.426 e. The quantitative estimate of drug-likeness (QED) is 0.0245. The summed E-state index contributed by atoms with van der Waals surface area (Å²) in [7, 11) is 0. The van der Waals surface area contributed by atoms with Crippen molar-refractivity contribution >= 4 is 59.5 Å². The molecule has 1 aliphatic rings. The molecule has 0 aromatic heterocycles. The van der Waals surface area contributed by atoms with E-state index in [0.717, 1.165) is 191 Å². The van der Waals surface area contributed by atoms with Gasteiger partial charge >= 0.3 is 47.8 Å². The third-order valence-corrected chi connectivity index (χ3v) is 26.0. The standard InChI is InChI=1S/C116H184O20S/c1-28-31-34-37-40-45-50-55-60-81-85-73-87(95(131-103(120)111(10,11)12)77-93(85)129-101(118)109(4,5)6)82(61-56-51-46-41-38-35-32-29-2)89-75-91(99(135-107(124)115(22,23)24)79-97(89)133-105(122)113(16,17)18)84(63-58-53-48-43-44-49-54-59-71-137-72-70-128-69-68-127-67-66-126-65-64-117)92-76-90(98(134-106(123)114(19,20)21)80-100(92)136-108(125)116(25,26)27)83(62-57-52-47-42-39-36-33-30-3)88-74-86(81)94(130-102(119)110(7,8)9)78-96(88)132-104(121)112(13,14)15/h73-84,117H,28-72H2,1-27H3. The van der Waals surface area contributed by atoms with E-state index in [-0.39, 0.29) is 52.6 Å². The lowest BCUT2D eigenvalue weighted by atomic mass is 9.76.